The van der Waals surface area contributed by atoms with Crippen LogP contribution < -0.4 is 4.74 Å². The van der Waals surface area contributed by atoms with Crippen molar-refractivity contribution in [2.75, 3.05) is 7.11 Å². The Morgan fingerprint density at radius 1 is 1.24 bits per heavy atom. The molecule has 0 bridgehead atoms. The highest BCUT2D eigenvalue weighted by Gasteiger charge is 2.21. The van der Waals surface area contributed by atoms with E-state index in [1.54, 1.807) is 30.6 Å². The van der Waals surface area contributed by atoms with Crippen molar-refractivity contribution in [3.63, 3.8) is 0 Å². The van der Waals surface area contributed by atoms with Crippen LogP contribution in [0.25, 0.3) is 6.08 Å². The molecule has 0 atom stereocenters. The Bertz CT molecular complexity index is 819. The van der Waals surface area contributed by atoms with Crippen molar-refractivity contribution >= 4 is 11.9 Å². The summed E-state index contributed by atoms with van der Waals surface area (Å²) in [6, 6.07) is 4.87. The van der Waals surface area contributed by atoms with E-state index in [4.69, 9.17) is 4.74 Å². The molecule has 2 N–H and O–H groups in total. The Balaban J connectivity index is 2.44. The van der Waals surface area contributed by atoms with Crippen LogP contribution >= 0.6 is 0 Å². The minimum atomic E-state index is -0.412. The summed E-state index contributed by atoms with van der Waals surface area (Å²) in [4.78, 5) is 16.5. The van der Waals surface area contributed by atoms with Gasteiger partial charge in [-0.2, -0.15) is 0 Å². The van der Waals surface area contributed by atoms with Gasteiger partial charge in [-0.05, 0) is 44.0 Å². The summed E-state index contributed by atoms with van der Waals surface area (Å²) in [7, 11) is 1.38. The predicted octanol–water partition coefficient (Wildman–Crippen LogP) is 3.91. The number of phenolic OH excluding ortho intramolecular Hbond substituents is 2. The van der Waals surface area contributed by atoms with Crippen molar-refractivity contribution in [1.29, 1.82) is 0 Å². The molecular formula is C20H21NO4. The molecule has 5 nitrogen and oxygen atoms in total. The zero-order valence-corrected chi connectivity index (χ0v) is 14.5. The Morgan fingerprint density at radius 2 is 1.92 bits per heavy atom. The van der Waals surface area contributed by atoms with Crippen LogP contribution in [0.5, 0.6) is 17.2 Å². The van der Waals surface area contributed by atoms with Crippen molar-refractivity contribution < 1.29 is 19.7 Å². The standard InChI is InChI=1S/C20H21NO4/c1-13(2)4-6-15-17(23)12-18(25-3)19(20(15)24)16(22)7-5-14-8-10-21-11-9-14/h4-5,7-12,23-24H,6H2,1-3H3. The quantitative estimate of drug-likeness (QED) is 0.474. The first-order chi connectivity index (χ1) is 11.9. The molecular weight excluding hydrogens is 318 g/mol. The lowest BCUT2D eigenvalue weighted by atomic mass is 9.99. The van der Waals surface area contributed by atoms with Gasteiger partial charge in [0.1, 0.15) is 22.8 Å². The number of rotatable bonds is 6. The number of methoxy groups -OCH3 is 1. The van der Waals surface area contributed by atoms with Crippen molar-refractivity contribution in [3.05, 3.63) is 65.0 Å². The molecule has 0 aliphatic heterocycles. The number of pyridine rings is 1. The zero-order chi connectivity index (χ0) is 18.4. The number of carbonyl (C=O) groups excluding carboxylic acids is 1. The molecule has 1 aromatic heterocycles. The number of hydrogen-bond acceptors (Lipinski definition) is 5. The molecule has 2 aromatic rings. The van der Waals surface area contributed by atoms with E-state index in [1.807, 2.05) is 19.9 Å². The smallest absolute Gasteiger partial charge is 0.193 e. The Labute approximate surface area is 146 Å². The molecule has 0 unspecified atom stereocenters. The number of phenols is 2. The van der Waals surface area contributed by atoms with E-state index in [0.29, 0.717) is 12.0 Å². The van der Waals surface area contributed by atoms with E-state index in [2.05, 4.69) is 4.98 Å². The summed E-state index contributed by atoms with van der Waals surface area (Å²) in [5.41, 5.74) is 2.18. The van der Waals surface area contributed by atoms with Crippen LogP contribution in [-0.2, 0) is 6.42 Å². The van der Waals surface area contributed by atoms with Gasteiger partial charge >= 0.3 is 0 Å². The maximum atomic E-state index is 12.6. The highest BCUT2D eigenvalue weighted by molar-refractivity contribution is 6.11. The molecule has 0 fully saturated rings. The van der Waals surface area contributed by atoms with Gasteiger partial charge in [0.15, 0.2) is 5.78 Å². The fraction of sp³-hybridized carbons (Fsp3) is 0.200. The number of hydrogen-bond donors (Lipinski definition) is 2. The van der Waals surface area contributed by atoms with Crippen LogP contribution in [0.2, 0.25) is 0 Å². The molecule has 130 valence electrons. The highest BCUT2D eigenvalue weighted by atomic mass is 16.5. The van der Waals surface area contributed by atoms with E-state index in [-0.39, 0.29) is 22.8 Å². The van der Waals surface area contributed by atoms with Gasteiger partial charge in [0.2, 0.25) is 0 Å². The molecule has 0 radical (unpaired) electrons. The number of nitrogens with zero attached hydrogens (tertiary/aromatic N) is 1. The number of allylic oxidation sites excluding steroid dienone is 3. The van der Waals surface area contributed by atoms with E-state index >= 15 is 0 Å². The molecule has 0 saturated carbocycles. The Kier molecular flexibility index (Phi) is 5.95. The minimum absolute atomic E-state index is 0.0303. The summed E-state index contributed by atoms with van der Waals surface area (Å²) in [5, 5.41) is 20.7. The second-order valence-corrected chi connectivity index (χ2v) is 5.76. The molecule has 5 heteroatoms. The fourth-order valence-corrected chi connectivity index (χ4v) is 2.31. The van der Waals surface area contributed by atoms with E-state index < -0.39 is 5.78 Å². The van der Waals surface area contributed by atoms with Gasteiger partial charge in [0.25, 0.3) is 0 Å². The van der Waals surface area contributed by atoms with E-state index in [9.17, 15) is 15.0 Å². The van der Waals surface area contributed by atoms with Crippen LogP contribution in [0.4, 0.5) is 0 Å². The van der Waals surface area contributed by atoms with Crippen LogP contribution in [0.3, 0.4) is 0 Å². The third kappa shape index (κ3) is 4.47. The third-order valence-corrected chi connectivity index (χ3v) is 3.66. The summed E-state index contributed by atoms with van der Waals surface area (Å²) in [5.74, 6) is -0.662. The lowest BCUT2D eigenvalue weighted by molar-refractivity contribution is 0.104. The molecule has 0 aliphatic rings. The normalized spacial score (nSPS) is 10.7. The van der Waals surface area contributed by atoms with Gasteiger partial charge in [-0.1, -0.05) is 17.7 Å². The summed E-state index contributed by atoms with van der Waals surface area (Å²) in [6.45, 7) is 3.84. The first-order valence-electron chi connectivity index (χ1n) is 7.81. The SMILES string of the molecule is COc1cc(O)c(CC=C(C)C)c(O)c1C(=O)C=Cc1ccncc1. The topological polar surface area (TPSA) is 79.6 Å². The van der Waals surface area contributed by atoms with Crippen molar-refractivity contribution in [2.45, 2.75) is 20.3 Å². The second kappa shape index (κ2) is 8.15. The fourth-order valence-electron chi connectivity index (χ4n) is 2.31. The maximum absolute atomic E-state index is 12.6. The number of aromatic hydroxyl groups is 2. The molecule has 0 spiro atoms. The van der Waals surface area contributed by atoms with Crippen LogP contribution in [-0.4, -0.2) is 28.1 Å². The van der Waals surface area contributed by atoms with Crippen LogP contribution in [0.1, 0.15) is 35.3 Å². The lowest BCUT2D eigenvalue weighted by Crippen LogP contribution is -2.02. The largest absolute Gasteiger partial charge is 0.507 e. The van der Waals surface area contributed by atoms with Crippen molar-refractivity contribution in [1.82, 2.24) is 4.98 Å². The van der Waals surface area contributed by atoms with Crippen LogP contribution in [0.15, 0.2) is 48.3 Å². The molecule has 0 aliphatic carbocycles. The average molecular weight is 339 g/mol. The Morgan fingerprint density at radius 3 is 2.52 bits per heavy atom. The first kappa shape index (κ1) is 18.3. The monoisotopic (exact) mass is 339 g/mol. The van der Waals surface area contributed by atoms with E-state index in [0.717, 1.165) is 11.1 Å². The molecule has 1 aromatic carbocycles. The highest BCUT2D eigenvalue weighted by Crippen LogP contribution is 2.39. The summed E-state index contributed by atoms with van der Waals surface area (Å²) < 4.78 is 5.16. The molecule has 25 heavy (non-hydrogen) atoms. The number of benzene rings is 1. The zero-order valence-electron chi connectivity index (χ0n) is 14.5. The third-order valence-electron chi connectivity index (χ3n) is 3.66. The number of carbonyl (C=O) groups is 1. The van der Waals surface area contributed by atoms with Gasteiger partial charge in [-0.15, -0.1) is 0 Å². The van der Waals surface area contributed by atoms with Crippen LogP contribution in [0, 0.1) is 0 Å². The van der Waals surface area contributed by atoms with E-state index in [1.165, 1.54) is 19.3 Å². The molecule has 1 heterocycles. The summed E-state index contributed by atoms with van der Waals surface area (Å²) >= 11 is 0. The average Bonchev–Trinajstić information content (AvgIpc) is 2.59. The first-order valence-corrected chi connectivity index (χ1v) is 7.81. The number of aromatic nitrogens is 1. The van der Waals surface area contributed by atoms with Gasteiger partial charge in [-0.25, -0.2) is 0 Å². The van der Waals surface area contributed by atoms with Gasteiger partial charge in [0, 0.05) is 24.0 Å². The number of ether oxygens (including phenoxy) is 1. The predicted molar refractivity (Wildman–Crippen MR) is 97.1 cm³/mol. The molecule has 0 amide bonds. The molecule has 2 rings (SSSR count). The van der Waals surface area contributed by atoms with Gasteiger partial charge in [-0.3, -0.25) is 9.78 Å². The summed E-state index contributed by atoms with van der Waals surface area (Å²) in [6.07, 6.45) is 8.42. The number of ketones is 1. The lowest BCUT2D eigenvalue weighted by Gasteiger charge is -2.13. The van der Waals surface area contributed by atoms with Crippen molar-refractivity contribution in [2.24, 2.45) is 0 Å². The maximum Gasteiger partial charge on any atom is 0.193 e. The van der Waals surface area contributed by atoms with Crippen molar-refractivity contribution in [3.8, 4) is 17.2 Å². The molecule has 0 saturated heterocycles. The second-order valence-electron chi connectivity index (χ2n) is 5.76. The minimum Gasteiger partial charge on any atom is -0.507 e. The van der Waals surface area contributed by atoms with Gasteiger partial charge < -0.3 is 14.9 Å². The van der Waals surface area contributed by atoms with Gasteiger partial charge in [0.05, 0.1) is 7.11 Å². The Hall–Kier alpha value is -3.08.